The molecule has 0 saturated heterocycles. The number of ether oxygens (including phenoxy) is 4. The van der Waals surface area contributed by atoms with Crippen LogP contribution in [0, 0.1) is 36.4 Å². The van der Waals surface area contributed by atoms with Gasteiger partial charge in [0.15, 0.2) is 11.6 Å². The number of methoxy groups -OCH3 is 3. The maximum Gasteiger partial charge on any atom is 0.421 e. The molecule has 13 heteroatoms. The molecule has 2 aromatic heterocycles. The third-order valence-corrected chi connectivity index (χ3v) is 7.99. The maximum atomic E-state index is 15.9. The molecule has 4 rings (SSSR count). The van der Waals surface area contributed by atoms with Crippen LogP contribution in [0.3, 0.4) is 0 Å². The van der Waals surface area contributed by atoms with Gasteiger partial charge in [-0.25, -0.2) is 19.2 Å². The van der Waals surface area contributed by atoms with E-state index in [1.54, 1.807) is 25.1 Å². The van der Waals surface area contributed by atoms with Crippen LogP contribution >= 0.6 is 0 Å². The number of nitrogens with zero attached hydrogens (tertiary/aromatic N) is 3. The predicted octanol–water partition coefficient (Wildman–Crippen LogP) is 6.74. The number of esters is 1. The van der Waals surface area contributed by atoms with Crippen molar-refractivity contribution in [1.82, 2.24) is 9.97 Å². The second-order valence-corrected chi connectivity index (χ2v) is 11.6. The molecule has 9 nitrogen and oxygen atoms in total. The molecule has 48 heavy (non-hydrogen) atoms. The van der Waals surface area contributed by atoms with Crippen LogP contribution in [0.15, 0.2) is 42.6 Å². The number of carbonyl (C=O) groups excluding carboxylic acids is 2. The van der Waals surface area contributed by atoms with Gasteiger partial charge in [-0.15, -0.1) is 0 Å². The van der Waals surface area contributed by atoms with Gasteiger partial charge in [0.1, 0.15) is 11.3 Å². The molecule has 2 heterocycles. The fourth-order valence-corrected chi connectivity index (χ4v) is 5.53. The van der Waals surface area contributed by atoms with E-state index in [-0.39, 0.29) is 35.9 Å². The Hall–Kier alpha value is -4.54. The first-order valence-corrected chi connectivity index (χ1v) is 15.3. The number of pyridine rings is 2. The predicted molar refractivity (Wildman–Crippen MR) is 168 cm³/mol. The summed E-state index contributed by atoms with van der Waals surface area (Å²) in [5.74, 6) is 1.13. The van der Waals surface area contributed by atoms with Gasteiger partial charge in [-0.1, -0.05) is 18.9 Å². The second-order valence-electron chi connectivity index (χ2n) is 11.6. The highest BCUT2D eigenvalue weighted by Gasteiger charge is 2.38. The molecule has 0 bridgehead atoms. The average Bonchev–Trinajstić information content (AvgIpc) is 3.05. The summed E-state index contributed by atoms with van der Waals surface area (Å²) in [6.07, 6.45) is -1.10. The Kier molecular flexibility index (Phi) is 12.1. The van der Waals surface area contributed by atoms with E-state index >= 15 is 4.39 Å². The fraction of sp³-hybridized carbons (Fsp3) is 0.429. The van der Waals surface area contributed by atoms with E-state index in [2.05, 4.69) is 28.7 Å². The Labute approximate surface area is 276 Å². The highest BCUT2D eigenvalue weighted by atomic mass is 19.4. The fourth-order valence-electron chi connectivity index (χ4n) is 5.53. The van der Waals surface area contributed by atoms with Crippen molar-refractivity contribution in [3.05, 3.63) is 76.5 Å². The van der Waals surface area contributed by atoms with Gasteiger partial charge in [0.2, 0.25) is 11.8 Å². The summed E-state index contributed by atoms with van der Waals surface area (Å²) < 4.78 is 79.4. The van der Waals surface area contributed by atoms with Crippen molar-refractivity contribution >= 4 is 17.6 Å². The molecular formula is C35H37F4N3O6. The minimum absolute atomic E-state index is 0.0166. The van der Waals surface area contributed by atoms with E-state index in [0.717, 1.165) is 44.3 Å². The first-order valence-electron chi connectivity index (χ1n) is 15.3. The van der Waals surface area contributed by atoms with Crippen LogP contribution in [0.5, 0.6) is 11.6 Å². The molecule has 1 fully saturated rings. The van der Waals surface area contributed by atoms with Gasteiger partial charge in [-0.3, -0.25) is 4.79 Å². The van der Waals surface area contributed by atoms with Crippen LogP contribution in [-0.4, -0.2) is 62.4 Å². The van der Waals surface area contributed by atoms with Gasteiger partial charge in [0.05, 0.1) is 37.6 Å². The number of aromatic nitrogens is 2. The number of alkyl halides is 3. The topological polar surface area (TPSA) is 100 Å². The van der Waals surface area contributed by atoms with Crippen molar-refractivity contribution in [2.75, 3.05) is 39.4 Å². The van der Waals surface area contributed by atoms with Gasteiger partial charge in [0.25, 0.3) is 0 Å². The summed E-state index contributed by atoms with van der Waals surface area (Å²) >= 11 is 0. The number of anilines is 1. The lowest BCUT2D eigenvalue weighted by molar-refractivity contribution is -0.139. The summed E-state index contributed by atoms with van der Waals surface area (Å²) in [6, 6.07) is 6.79. The molecule has 1 saturated carbocycles. The van der Waals surface area contributed by atoms with Crippen molar-refractivity contribution in [1.29, 1.82) is 0 Å². The van der Waals surface area contributed by atoms with Crippen LogP contribution in [-0.2, 0) is 25.2 Å². The molecule has 1 aliphatic carbocycles. The molecule has 1 amide bonds. The highest BCUT2D eigenvalue weighted by Crippen LogP contribution is 2.40. The quantitative estimate of drug-likeness (QED) is 0.133. The number of halogens is 4. The average molecular weight is 672 g/mol. The molecular weight excluding hydrogens is 634 g/mol. The third-order valence-electron chi connectivity index (χ3n) is 7.99. The zero-order chi connectivity index (χ0) is 35.0. The van der Waals surface area contributed by atoms with Crippen molar-refractivity contribution in [3.63, 3.8) is 0 Å². The summed E-state index contributed by atoms with van der Waals surface area (Å²) in [7, 11) is 3.93. The van der Waals surface area contributed by atoms with E-state index in [1.807, 2.05) is 0 Å². The molecule has 0 aliphatic heterocycles. The van der Waals surface area contributed by atoms with Crippen LogP contribution in [0.25, 0.3) is 0 Å². The zero-order valence-corrected chi connectivity index (χ0v) is 27.3. The van der Waals surface area contributed by atoms with Gasteiger partial charge >= 0.3 is 12.1 Å². The summed E-state index contributed by atoms with van der Waals surface area (Å²) in [5, 5.41) is 0. The molecule has 0 N–H and O–H groups in total. The summed E-state index contributed by atoms with van der Waals surface area (Å²) in [4.78, 5) is 36.4. The van der Waals surface area contributed by atoms with Crippen molar-refractivity contribution in [3.8, 4) is 23.5 Å². The minimum Gasteiger partial charge on any atom is -0.465 e. The van der Waals surface area contributed by atoms with Gasteiger partial charge in [0, 0.05) is 49.7 Å². The molecule has 1 aliphatic rings. The molecule has 1 aromatic carbocycles. The SMILES string of the molecule is COCC(COC)N(c1cc(F)c(Oc2ncc(C#Cc3cccc(C)n3)cc2C(F)(F)F)cc1C(=O)OC)C(=O)[C@H]1CC[C@H](C)CC1. The number of aryl methyl sites for hydroxylation is 1. The van der Waals surface area contributed by atoms with Gasteiger partial charge < -0.3 is 23.8 Å². The number of benzene rings is 1. The first-order chi connectivity index (χ1) is 22.9. The smallest absolute Gasteiger partial charge is 0.421 e. The number of rotatable bonds is 10. The number of amides is 1. The Morgan fingerprint density at radius 3 is 2.31 bits per heavy atom. The van der Waals surface area contributed by atoms with E-state index < -0.39 is 47.1 Å². The van der Waals surface area contributed by atoms with Crippen molar-refractivity contribution in [2.45, 2.75) is 51.7 Å². The molecule has 0 spiro atoms. The third kappa shape index (κ3) is 8.87. The van der Waals surface area contributed by atoms with E-state index in [1.165, 1.54) is 19.1 Å². The molecule has 256 valence electrons. The Bertz CT molecular complexity index is 1670. The highest BCUT2D eigenvalue weighted by molar-refractivity contribution is 6.04. The molecule has 0 unspecified atom stereocenters. The van der Waals surface area contributed by atoms with E-state index in [9.17, 15) is 22.8 Å². The number of hydrogen-bond donors (Lipinski definition) is 0. The van der Waals surface area contributed by atoms with Crippen LogP contribution in [0.2, 0.25) is 0 Å². The lowest BCUT2D eigenvalue weighted by Gasteiger charge is -2.36. The Morgan fingerprint density at radius 1 is 1.02 bits per heavy atom. The van der Waals surface area contributed by atoms with E-state index in [0.29, 0.717) is 30.1 Å². The minimum atomic E-state index is -4.96. The second kappa shape index (κ2) is 16.0. The lowest BCUT2D eigenvalue weighted by Crippen LogP contribution is -2.49. The van der Waals surface area contributed by atoms with E-state index in [4.69, 9.17) is 18.9 Å². The van der Waals surface area contributed by atoms with Gasteiger partial charge in [-0.05, 0) is 62.6 Å². The number of carbonyl (C=O) groups is 2. The zero-order valence-electron chi connectivity index (χ0n) is 27.3. The molecule has 3 aromatic rings. The Balaban J connectivity index is 1.78. The maximum absolute atomic E-state index is 15.9. The van der Waals surface area contributed by atoms with Crippen LogP contribution < -0.4 is 9.64 Å². The van der Waals surface area contributed by atoms with Crippen molar-refractivity contribution < 1.29 is 46.1 Å². The monoisotopic (exact) mass is 671 g/mol. The largest absolute Gasteiger partial charge is 0.465 e. The summed E-state index contributed by atoms with van der Waals surface area (Å²) in [5.41, 5.74) is -0.844. The van der Waals surface area contributed by atoms with Crippen molar-refractivity contribution in [2.24, 2.45) is 11.8 Å². The molecule has 0 radical (unpaired) electrons. The number of hydrogen-bond acceptors (Lipinski definition) is 8. The van der Waals surface area contributed by atoms with Crippen LogP contribution in [0.4, 0.5) is 23.2 Å². The normalized spacial score (nSPS) is 16.2. The standard InChI is InChI=1S/C35H37F4N3O6/c1-21-9-12-24(13-10-21)33(43)42(26(19-45-3)20-46-4)30-17-29(36)31(16-27(30)34(44)47-5)48-32-28(35(37,38)39)15-23(18-40-32)11-14-25-8-6-7-22(2)41-25/h6-8,15-18,21,24,26H,9-10,12-13,19-20H2,1-5H3/t21-,24-. The Morgan fingerprint density at radius 2 is 1.71 bits per heavy atom. The van der Waals surface area contributed by atoms with Crippen LogP contribution in [0.1, 0.15) is 65.5 Å². The molecule has 0 atom stereocenters. The lowest BCUT2D eigenvalue weighted by atomic mass is 9.82. The summed E-state index contributed by atoms with van der Waals surface area (Å²) in [6.45, 7) is 3.82. The first kappa shape index (κ1) is 36.3. The van der Waals surface area contributed by atoms with Gasteiger partial charge in [-0.2, -0.15) is 13.2 Å².